The highest BCUT2D eigenvalue weighted by molar-refractivity contribution is 5.87. The van der Waals surface area contributed by atoms with Gasteiger partial charge in [-0.15, -0.1) is 0 Å². The van der Waals surface area contributed by atoms with E-state index in [4.69, 9.17) is 9.47 Å². The van der Waals surface area contributed by atoms with Crippen LogP contribution in [0.2, 0.25) is 0 Å². The Hall–Kier alpha value is -0.870. The largest absolute Gasteiger partial charge is 0.376 e. The van der Waals surface area contributed by atoms with Crippen LogP contribution in [0.5, 0.6) is 0 Å². The number of nitrogens with one attached hydrogen (secondary N) is 1. The maximum absolute atomic E-state index is 11.5. The number of hydrogen-bond acceptors (Lipinski definition) is 3. The Bertz CT molecular complexity index is 247. The van der Waals surface area contributed by atoms with Crippen LogP contribution in [0.15, 0.2) is 12.2 Å². The summed E-state index contributed by atoms with van der Waals surface area (Å²) in [6.07, 6.45) is 9.48. The Morgan fingerprint density at radius 1 is 1.33 bits per heavy atom. The van der Waals surface area contributed by atoms with E-state index >= 15 is 0 Å². The molecular formula is C14H25NO3. The zero-order valence-electron chi connectivity index (χ0n) is 11.3. The highest BCUT2D eigenvalue weighted by Crippen LogP contribution is 2.03. The van der Waals surface area contributed by atoms with Crippen LogP contribution in [0.25, 0.3) is 0 Å². The summed E-state index contributed by atoms with van der Waals surface area (Å²) in [5, 5.41) is 2.82. The monoisotopic (exact) mass is 255 g/mol. The number of amides is 1. The Morgan fingerprint density at radius 3 is 2.94 bits per heavy atom. The fourth-order valence-electron chi connectivity index (χ4n) is 1.81. The average molecular weight is 255 g/mol. The molecule has 0 spiro atoms. The fraction of sp³-hybridized carbons (Fsp3) is 0.786. The van der Waals surface area contributed by atoms with Gasteiger partial charge >= 0.3 is 0 Å². The molecule has 0 aromatic heterocycles. The summed E-state index contributed by atoms with van der Waals surface area (Å²) in [5.74, 6) is -0.0420. The van der Waals surface area contributed by atoms with Crippen LogP contribution in [0.3, 0.4) is 0 Å². The number of hydrogen-bond donors (Lipinski definition) is 1. The first kappa shape index (κ1) is 15.2. The maximum Gasteiger partial charge on any atom is 0.243 e. The lowest BCUT2D eigenvalue weighted by atomic mass is 10.1. The number of carbonyl (C=O) groups excluding carboxylic acids is 1. The van der Waals surface area contributed by atoms with Crippen molar-refractivity contribution in [3.05, 3.63) is 12.2 Å². The lowest BCUT2D eigenvalue weighted by Gasteiger charge is -2.22. The number of carbonyl (C=O) groups is 1. The third kappa shape index (κ3) is 7.45. The maximum atomic E-state index is 11.5. The summed E-state index contributed by atoms with van der Waals surface area (Å²) in [6.45, 7) is 4.57. The highest BCUT2D eigenvalue weighted by atomic mass is 16.6. The summed E-state index contributed by atoms with van der Waals surface area (Å²) in [5.41, 5.74) is 0. The van der Waals surface area contributed by atoms with Crippen LogP contribution in [0.4, 0.5) is 0 Å². The van der Waals surface area contributed by atoms with Crippen molar-refractivity contribution >= 4 is 5.91 Å². The standard InChI is InChI=1S/C14H25NO3/c1-2-3-4-5-6-7-8-14(16)15-11-13-12-17-9-10-18-13/h7-8,13H,2-6,9-12H2,1H3,(H,15,16)/b8-7+. The van der Waals surface area contributed by atoms with E-state index in [0.29, 0.717) is 26.4 Å². The summed E-state index contributed by atoms with van der Waals surface area (Å²) >= 11 is 0. The van der Waals surface area contributed by atoms with Crippen LogP contribution >= 0.6 is 0 Å². The SMILES string of the molecule is CCCCCC/C=C/C(=O)NCC1COCCO1. The first-order chi connectivity index (χ1) is 8.83. The first-order valence-corrected chi connectivity index (χ1v) is 6.96. The van der Waals surface area contributed by atoms with Crippen molar-refractivity contribution < 1.29 is 14.3 Å². The van der Waals surface area contributed by atoms with E-state index in [1.807, 2.05) is 6.08 Å². The molecule has 0 aromatic carbocycles. The van der Waals surface area contributed by atoms with E-state index in [1.165, 1.54) is 19.3 Å². The van der Waals surface area contributed by atoms with E-state index in [0.717, 1.165) is 12.8 Å². The van der Waals surface area contributed by atoms with E-state index in [1.54, 1.807) is 6.08 Å². The molecule has 18 heavy (non-hydrogen) atoms. The van der Waals surface area contributed by atoms with E-state index in [9.17, 15) is 4.79 Å². The van der Waals surface area contributed by atoms with Crippen molar-refractivity contribution in [2.75, 3.05) is 26.4 Å². The molecule has 0 radical (unpaired) electrons. The molecule has 1 saturated heterocycles. The smallest absolute Gasteiger partial charge is 0.243 e. The Balaban J connectivity index is 2.00. The van der Waals surface area contributed by atoms with Gasteiger partial charge in [-0.05, 0) is 18.9 Å². The molecule has 1 fully saturated rings. The van der Waals surface area contributed by atoms with E-state index in [-0.39, 0.29) is 12.0 Å². The first-order valence-electron chi connectivity index (χ1n) is 6.96. The molecule has 4 nitrogen and oxygen atoms in total. The zero-order chi connectivity index (χ0) is 13.1. The molecule has 1 atom stereocenters. The molecule has 1 amide bonds. The van der Waals surface area contributed by atoms with Crippen LogP contribution in [0, 0.1) is 0 Å². The molecule has 1 aliphatic rings. The Kier molecular flexibility index (Phi) is 8.51. The van der Waals surface area contributed by atoms with Gasteiger partial charge in [0.15, 0.2) is 0 Å². The second kappa shape index (κ2) is 10.1. The van der Waals surface area contributed by atoms with Crippen molar-refractivity contribution in [1.29, 1.82) is 0 Å². The topological polar surface area (TPSA) is 47.6 Å². The summed E-state index contributed by atoms with van der Waals surface area (Å²) < 4.78 is 10.7. The minimum Gasteiger partial charge on any atom is -0.376 e. The normalized spacial score (nSPS) is 20.2. The molecule has 0 bridgehead atoms. The van der Waals surface area contributed by atoms with Gasteiger partial charge in [-0.3, -0.25) is 4.79 Å². The molecule has 1 heterocycles. The number of rotatable bonds is 8. The van der Waals surface area contributed by atoms with Gasteiger partial charge in [0.25, 0.3) is 0 Å². The molecule has 4 heteroatoms. The van der Waals surface area contributed by atoms with Gasteiger partial charge in [-0.1, -0.05) is 32.3 Å². The molecule has 1 N–H and O–H groups in total. The summed E-state index contributed by atoms with van der Waals surface area (Å²) in [4.78, 5) is 11.5. The molecule has 1 aliphatic heterocycles. The third-order valence-corrected chi connectivity index (χ3v) is 2.88. The van der Waals surface area contributed by atoms with E-state index < -0.39 is 0 Å². The fourth-order valence-corrected chi connectivity index (χ4v) is 1.81. The van der Waals surface area contributed by atoms with Crippen molar-refractivity contribution in [1.82, 2.24) is 5.32 Å². The summed E-state index contributed by atoms with van der Waals surface area (Å²) in [7, 11) is 0. The van der Waals surface area contributed by atoms with Gasteiger partial charge in [0.1, 0.15) is 0 Å². The van der Waals surface area contributed by atoms with Gasteiger partial charge in [0.05, 0.1) is 25.9 Å². The molecule has 0 saturated carbocycles. The molecule has 104 valence electrons. The van der Waals surface area contributed by atoms with Crippen LogP contribution < -0.4 is 5.32 Å². The van der Waals surface area contributed by atoms with Gasteiger partial charge < -0.3 is 14.8 Å². The molecule has 0 aromatic rings. The molecule has 0 aliphatic carbocycles. The minimum atomic E-state index is -0.0420. The van der Waals surface area contributed by atoms with Gasteiger partial charge in [0, 0.05) is 6.54 Å². The zero-order valence-corrected chi connectivity index (χ0v) is 11.3. The van der Waals surface area contributed by atoms with Gasteiger partial charge in [0.2, 0.25) is 5.91 Å². The Morgan fingerprint density at radius 2 is 2.22 bits per heavy atom. The van der Waals surface area contributed by atoms with Crippen LogP contribution in [-0.2, 0) is 14.3 Å². The van der Waals surface area contributed by atoms with Gasteiger partial charge in [-0.2, -0.15) is 0 Å². The number of unbranched alkanes of at least 4 members (excludes halogenated alkanes) is 4. The number of allylic oxidation sites excluding steroid dienone is 1. The molecule has 1 rings (SSSR count). The van der Waals surface area contributed by atoms with Crippen LogP contribution in [0.1, 0.15) is 39.0 Å². The lowest BCUT2D eigenvalue weighted by Crippen LogP contribution is -2.39. The Labute approximate surface area is 110 Å². The summed E-state index contributed by atoms with van der Waals surface area (Å²) in [6, 6.07) is 0. The number of ether oxygens (including phenoxy) is 2. The lowest BCUT2D eigenvalue weighted by molar-refractivity contribution is -0.119. The molecular weight excluding hydrogens is 230 g/mol. The quantitative estimate of drug-likeness (QED) is 0.533. The van der Waals surface area contributed by atoms with Gasteiger partial charge in [-0.25, -0.2) is 0 Å². The highest BCUT2D eigenvalue weighted by Gasteiger charge is 2.14. The van der Waals surface area contributed by atoms with Crippen molar-refractivity contribution in [2.45, 2.75) is 45.1 Å². The minimum absolute atomic E-state index is 0.000606. The van der Waals surface area contributed by atoms with Crippen molar-refractivity contribution in [3.8, 4) is 0 Å². The third-order valence-electron chi connectivity index (χ3n) is 2.88. The van der Waals surface area contributed by atoms with Crippen LogP contribution in [-0.4, -0.2) is 38.4 Å². The average Bonchev–Trinajstić information content (AvgIpc) is 2.41. The van der Waals surface area contributed by atoms with Crippen molar-refractivity contribution in [3.63, 3.8) is 0 Å². The second-order valence-corrected chi connectivity index (χ2v) is 4.56. The second-order valence-electron chi connectivity index (χ2n) is 4.56. The predicted molar refractivity (Wildman–Crippen MR) is 71.5 cm³/mol. The van der Waals surface area contributed by atoms with E-state index in [2.05, 4.69) is 12.2 Å². The molecule has 1 unspecified atom stereocenters. The predicted octanol–water partition coefficient (Wildman–Crippen LogP) is 2.04. The van der Waals surface area contributed by atoms with Crippen molar-refractivity contribution in [2.24, 2.45) is 0 Å².